The van der Waals surface area contributed by atoms with E-state index in [2.05, 4.69) is 29.6 Å². The second-order valence-corrected chi connectivity index (χ2v) is 6.14. The third-order valence-corrected chi connectivity index (χ3v) is 4.16. The quantitative estimate of drug-likeness (QED) is 0.761. The summed E-state index contributed by atoms with van der Waals surface area (Å²) in [6.07, 6.45) is 5.02. The Morgan fingerprint density at radius 3 is 2.42 bits per heavy atom. The van der Waals surface area contributed by atoms with Crippen molar-refractivity contribution >= 4 is 11.7 Å². The monoisotopic (exact) mass is 330 g/mol. The maximum Gasteiger partial charge on any atom is 0.319 e. The number of carbonyl (C=O) groups is 1. The zero-order valence-corrected chi connectivity index (χ0v) is 14.8. The Kier molecular flexibility index (Phi) is 5.62. The zero-order valence-electron chi connectivity index (χ0n) is 14.8. The van der Waals surface area contributed by atoms with Crippen LogP contribution in [0.3, 0.4) is 0 Å². The highest BCUT2D eigenvalue weighted by Crippen LogP contribution is 2.23. The van der Waals surface area contributed by atoms with Crippen LogP contribution in [0, 0.1) is 0 Å². The lowest BCUT2D eigenvalue weighted by Crippen LogP contribution is -2.40. The summed E-state index contributed by atoms with van der Waals surface area (Å²) in [6.45, 7) is 5.87. The summed E-state index contributed by atoms with van der Waals surface area (Å²) in [5.74, 6) is 0. The SMILES string of the molecule is CCc1cccc(CC)c1NC(=O)NCC(C)(O)c1cnn(C)c1. The van der Waals surface area contributed by atoms with Gasteiger partial charge in [0.1, 0.15) is 5.60 Å². The van der Waals surface area contributed by atoms with Crippen LogP contribution in [-0.4, -0.2) is 27.5 Å². The number of benzene rings is 1. The Morgan fingerprint density at radius 2 is 1.92 bits per heavy atom. The van der Waals surface area contributed by atoms with Crippen molar-refractivity contribution in [2.24, 2.45) is 7.05 Å². The summed E-state index contributed by atoms with van der Waals surface area (Å²) < 4.78 is 1.62. The van der Waals surface area contributed by atoms with Gasteiger partial charge in [0.05, 0.1) is 12.7 Å². The molecular weight excluding hydrogens is 304 g/mol. The fourth-order valence-electron chi connectivity index (χ4n) is 2.61. The number of para-hydroxylation sites is 1. The number of nitrogens with one attached hydrogen (secondary N) is 2. The molecule has 0 saturated carbocycles. The van der Waals surface area contributed by atoms with Crippen LogP contribution in [0.2, 0.25) is 0 Å². The number of anilines is 1. The second kappa shape index (κ2) is 7.49. The molecule has 0 aliphatic rings. The van der Waals surface area contributed by atoms with Crippen molar-refractivity contribution in [1.82, 2.24) is 15.1 Å². The minimum atomic E-state index is -1.18. The van der Waals surface area contributed by atoms with E-state index in [1.165, 1.54) is 0 Å². The molecule has 3 N–H and O–H groups in total. The summed E-state index contributed by atoms with van der Waals surface area (Å²) in [5.41, 5.74) is 2.55. The Morgan fingerprint density at radius 1 is 1.29 bits per heavy atom. The smallest absolute Gasteiger partial charge is 0.319 e. The molecule has 1 aromatic heterocycles. The van der Waals surface area contributed by atoms with Gasteiger partial charge in [-0.25, -0.2) is 4.79 Å². The maximum atomic E-state index is 12.3. The first-order valence-electron chi connectivity index (χ1n) is 8.24. The van der Waals surface area contributed by atoms with Crippen molar-refractivity contribution in [2.75, 3.05) is 11.9 Å². The van der Waals surface area contributed by atoms with Crippen LogP contribution in [0.1, 0.15) is 37.5 Å². The van der Waals surface area contributed by atoms with Gasteiger partial charge in [-0.1, -0.05) is 32.0 Å². The van der Waals surface area contributed by atoms with Crippen LogP contribution >= 0.6 is 0 Å². The van der Waals surface area contributed by atoms with Crippen molar-refractivity contribution in [3.05, 3.63) is 47.3 Å². The van der Waals surface area contributed by atoms with Crippen LogP contribution < -0.4 is 10.6 Å². The molecule has 1 unspecified atom stereocenters. The van der Waals surface area contributed by atoms with Crippen molar-refractivity contribution in [1.29, 1.82) is 0 Å². The fraction of sp³-hybridized carbons (Fsp3) is 0.444. The number of aromatic nitrogens is 2. The molecule has 1 aromatic carbocycles. The number of carbonyl (C=O) groups excluding carboxylic acids is 1. The third-order valence-electron chi connectivity index (χ3n) is 4.16. The van der Waals surface area contributed by atoms with Crippen LogP contribution in [0.15, 0.2) is 30.6 Å². The van der Waals surface area contributed by atoms with Gasteiger partial charge in [-0.2, -0.15) is 5.10 Å². The number of urea groups is 1. The van der Waals surface area contributed by atoms with E-state index in [-0.39, 0.29) is 12.6 Å². The van der Waals surface area contributed by atoms with Crippen molar-refractivity contribution in [3.8, 4) is 0 Å². The van der Waals surface area contributed by atoms with Crippen molar-refractivity contribution < 1.29 is 9.90 Å². The highest BCUT2D eigenvalue weighted by atomic mass is 16.3. The predicted molar refractivity (Wildman–Crippen MR) is 95.0 cm³/mol. The van der Waals surface area contributed by atoms with E-state index in [9.17, 15) is 9.90 Å². The Bertz CT molecular complexity index is 685. The van der Waals surface area contributed by atoms with Gasteiger partial charge in [-0.3, -0.25) is 4.68 Å². The average molecular weight is 330 g/mol. The van der Waals surface area contributed by atoms with E-state index in [0.717, 1.165) is 29.7 Å². The lowest BCUT2D eigenvalue weighted by Gasteiger charge is -2.23. The molecule has 0 aliphatic heterocycles. The summed E-state index contributed by atoms with van der Waals surface area (Å²) in [4.78, 5) is 12.3. The first-order chi connectivity index (χ1) is 11.4. The molecule has 0 saturated heterocycles. The summed E-state index contributed by atoms with van der Waals surface area (Å²) in [6, 6.07) is 5.71. The molecule has 0 aliphatic carbocycles. The molecular formula is C18H26N4O2. The number of aliphatic hydroxyl groups is 1. The normalized spacial score (nSPS) is 13.4. The topological polar surface area (TPSA) is 79.2 Å². The molecule has 0 spiro atoms. The van der Waals surface area contributed by atoms with Gasteiger partial charge in [0, 0.05) is 24.5 Å². The first-order valence-corrected chi connectivity index (χ1v) is 8.24. The molecule has 2 rings (SSSR count). The summed E-state index contributed by atoms with van der Waals surface area (Å²) in [7, 11) is 1.79. The average Bonchev–Trinajstić information content (AvgIpc) is 3.00. The lowest BCUT2D eigenvalue weighted by atomic mass is 10.00. The van der Waals surface area contributed by atoms with E-state index in [4.69, 9.17) is 0 Å². The molecule has 6 nitrogen and oxygen atoms in total. The van der Waals surface area contributed by atoms with E-state index < -0.39 is 5.60 Å². The number of nitrogens with zero attached hydrogens (tertiary/aromatic N) is 2. The van der Waals surface area contributed by atoms with Gasteiger partial charge in [0.2, 0.25) is 0 Å². The molecule has 1 atom stereocenters. The molecule has 24 heavy (non-hydrogen) atoms. The summed E-state index contributed by atoms with van der Waals surface area (Å²) in [5, 5.41) is 20.2. The third kappa shape index (κ3) is 4.14. The molecule has 2 aromatic rings. The highest BCUT2D eigenvalue weighted by Gasteiger charge is 2.25. The van der Waals surface area contributed by atoms with Crippen LogP contribution in [0.25, 0.3) is 0 Å². The van der Waals surface area contributed by atoms with Gasteiger partial charge in [-0.15, -0.1) is 0 Å². The zero-order chi connectivity index (χ0) is 17.7. The number of hydrogen-bond donors (Lipinski definition) is 3. The van der Waals surface area contributed by atoms with E-state index in [1.807, 2.05) is 18.2 Å². The number of rotatable bonds is 6. The van der Waals surface area contributed by atoms with E-state index in [1.54, 1.807) is 31.0 Å². The minimum Gasteiger partial charge on any atom is -0.383 e. The molecule has 0 bridgehead atoms. The second-order valence-electron chi connectivity index (χ2n) is 6.14. The largest absolute Gasteiger partial charge is 0.383 e. The number of hydrogen-bond acceptors (Lipinski definition) is 3. The summed E-state index contributed by atoms with van der Waals surface area (Å²) >= 11 is 0. The molecule has 1 heterocycles. The van der Waals surface area contributed by atoms with Gasteiger partial charge in [0.15, 0.2) is 0 Å². The fourth-order valence-corrected chi connectivity index (χ4v) is 2.61. The molecule has 0 radical (unpaired) electrons. The van der Waals surface area contributed by atoms with Crippen molar-refractivity contribution in [2.45, 2.75) is 39.2 Å². The molecule has 2 amide bonds. The lowest BCUT2D eigenvalue weighted by molar-refractivity contribution is 0.0599. The van der Waals surface area contributed by atoms with Crippen LogP contribution in [0.5, 0.6) is 0 Å². The van der Waals surface area contributed by atoms with E-state index >= 15 is 0 Å². The Hall–Kier alpha value is -2.34. The first kappa shape index (κ1) is 18.0. The minimum absolute atomic E-state index is 0.0975. The number of aryl methyl sites for hydroxylation is 3. The molecule has 130 valence electrons. The highest BCUT2D eigenvalue weighted by molar-refractivity contribution is 5.91. The van der Waals surface area contributed by atoms with Gasteiger partial charge >= 0.3 is 6.03 Å². The molecule has 0 fully saturated rings. The standard InChI is InChI=1S/C18H26N4O2/c1-5-13-8-7-9-14(6-2)16(13)21-17(23)19-12-18(3,24)15-10-20-22(4)11-15/h7-11,24H,5-6,12H2,1-4H3,(H2,19,21,23). The van der Waals surface area contributed by atoms with E-state index in [0.29, 0.717) is 5.56 Å². The van der Waals surface area contributed by atoms with Gasteiger partial charge in [-0.05, 0) is 30.9 Å². The van der Waals surface area contributed by atoms with Crippen LogP contribution in [0.4, 0.5) is 10.5 Å². The Labute approximate surface area is 142 Å². The number of amides is 2. The van der Waals surface area contributed by atoms with Gasteiger partial charge < -0.3 is 15.7 Å². The Balaban J connectivity index is 2.04. The van der Waals surface area contributed by atoms with Crippen LogP contribution in [-0.2, 0) is 25.5 Å². The predicted octanol–water partition coefficient (Wildman–Crippen LogP) is 2.57. The van der Waals surface area contributed by atoms with Gasteiger partial charge in [0.25, 0.3) is 0 Å². The van der Waals surface area contributed by atoms with Crippen molar-refractivity contribution in [3.63, 3.8) is 0 Å². The maximum absolute atomic E-state index is 12.3. The molecule has 6 heteroatoms.